The maximum absolute atomic E-state index is 5.16. The number of ether oxygens (including phenoxy) is 2. The Morgan fingerprint density at radius 2 is 0.826 bits per heavy atom. The average molecular weight is 623 g/mol. The first kappa shape index (κ1) is 31.8. The lowest BCUT2D eigenvalue weighted by Gasteiger charge is -2.16. The summed E-state index contributed by atoms with van der Waals surface area (Å²) in [6, 6.07) is 23.5. The van der Waals surface area contributed by atoms with Gasteiger partial charge in [0.15, 0.2) is 0 Å². The van der Waals surface area contributed by atoms with E-state index in [0.717, 1.165) is 33.9 Å². The number of hydrogen-bond donors (Lipinski definition) is 6. The van der Waals surface area contributed by atoms with Gasteiger partial charge in [0.25, 0.3) is 0 Å². The Bertz CT molecular complexity index is 1580. The Labute approximate surface area is 267 Å². The van der Waals surface area contributed by atoms with Crippen molar-refractivity contribution in [1.82, 2.24) is 29.9 Å². The lowest BCUT2D eigenvalue weighted by molar-refractivity contribution is 0.210. The van der Waals surface area contributed by atoms with Gasteiger partial charge in [0.2, 0.25) is 35.7 Å². The first-order valence-corrected chi connectivity index (χ1v) is 14.8. The molecule has 0 aliphatic carbocycles. The van der Waals surface area contributed by atoms with Crippen LogP contribution in [0.4, 0.5) is 58.4 Å². The summed E-state index contributed by atoms with van der Waals surface area (Å²) in [7, 11) is 3.29. The van der Waals surface area contributed by atoms with E-state index in [1.165, 1.54) is 0 Å². The van der Waals surface area contributed by atoms with Crippen molar-refractivity contribution in [3.05, 3.63) is 83.9 Å². The van der Waals surface area contributed by atoms with Gasteiger partial charge in [-0.2, -0.15) is 29.9 Å². The zero-order valence-corrected chi connectivity index (χ0v) is 26.3. The molecule has 46 heavy (non-hydrogen) atoms. The standard InChI is InChI=1S/C32H38N12O2/c1-21-19-26(38-32-42-28(34-16-18-46-4)40-30(44-32)36-24-13-9-6-10-14-24)22(2)20-25(21)37-31-41-27(33-15-17-45-3)39-29(43-31)35-23-11-7-5-8-12-23/h5-14,19-20H,15-18H2,1-4H3,(H3,33,35,37,39,41,43)(H3,34,36,38,40,42,44). The molecule has 5 aromatic rings. The maximum atomic E-state index is 5.16. The number of nitrogens with one attached hydrogen (secondary N) is 6. The van der Waals surface area contributed by atoms with Crippen molar-refractivity contribution in [2.75, 3.05) is 72.4 Å². The third kappa shape index (κ3) is 9.20. The predicted octanol–water partition coefficient (Wildman–Crippen LogP) is 5.76. The van der Waals surface area contributed by atoms with Gasteiger partial charge in [-0.3, -0.25) is 0 Å². The Kier molecular flexibility index (Phi) is 11.0. The van der Waals surface area contributed by atoms with Crippen LogP contribution in [0, 0.1) is 13.8 Å². The van der Waals surface area contributed by atoms with Crippen molar-refractivity contribution in [2.24, 2.45) is 0 Å². The first-order valence-electron chi connectivity index (χ1n) is 14.8. The van der Waals surface area contributed by atoms with Crippen molar-refractivity contribution in [2.45, 2.75) is 13.8 Å². The zero-order valence-electron chi connectivity index (χ0n) is 26.3. The largest absolute Gasteiger partial charge is 0.383 e. The molecule has 0 fully saturated rings. The van der Waals surface area contributed by atoms with Gasteiger partial charge in [0.1, 0.15) is 0 Å². The highest BCUT2D eigenvalue weighted by Gasteiger charge is 2.13. The first-order chi connectivity index (χ1) is 22.5. The minimum Gasteiger partial charge on any atom is -0.383 e. The van der Waals surface area contributed by atoms with E-state index < -0.39 is 0 Å². The number of benzene rings is 3. The molecule has 3 aromatic carbocycles. The van der Waals surface area contributed by atoms with Crippen LogP contribution in [0.5, 0.6) is 0 Å². The van der Waals surface area contributed by atoms with Gasteiger partial charge in [-0.15, -0.1) is 0 Å². The molecule has 0 aliphatic rings. The number of methoxy groups -OCH3 is 2. The molecule has 0 bridgehead atoms. The van der Waals surface area contributed by atoms with Crippen molar-refractivity contribution in [3.63, 3.8) is 0 Å². The third-order valence-electron chi connectivity index (χ3n) is 6.57. The highest BCUT2D eigenvalue weighted by molar-refractivity contribution is 5.70. The monoisotopic (exact) mass is 622 g/mol. The number of nitrogens with zero attached hydrogens (tertiary/aromatic N) is 6. The molecule has 0 saturated carbocycles. The van der Waals surface area contributed by atoms with Gasteiger partial charge in [0, 0.05) is 50.1 Å². The number of aromatic nitrogens is 6. The number of aryl methyl sites for hydroxylation is 2. The predicted molar refractivity (Wildman–Crippen MR) is 182 cm³/mol. The smallest absolute Gasteiger partial charge is 0.233 e. The van der Waals surface area contributed by atoms with Crippen LogP contribution in [0.3, 0.4) is 0 Å². The van der Waals surface area contributed by atoms with Gasteiger partial charge >= 0.3 is 0 Å². The molecular weight excluding hydrogens is 584 g/mol. The topological polar surface area (TPSA) is 168 Å². The molecule has 0 radical (unpaired) electrons. The maximum Gasteiger partial charge on any atom is 0.233 e. The number of para-hydroxylation sites is 2. The lowest BCUT2D eigenvalue weighted by atomic mass is 10.1. The summed E-state index contributed by atoms with van der Waals surface area (Å²) < 4.78 is 10.3. The van der Waals surface area contributed by atoms with Crippen LogP contribution >= 0.6 is 0 Å². The van der Waals surface area contributed by atoms with Gasteiger partial charge in [-0.25, -0.2) is 0 Å². The fourth-order valence-electron chi connectivity index (χ4n) is 4.29. The van der Waals surface area contributed by atoms with E-state index in [4.69, 9.17) is 9.47 Å². The second-order valence-electron chi connectivity index (χ2n) is 10.2. The fourth-order valence-corrected chi connectivity index (χ4v) is 4.29. The second kappa shape index (κ2) is 15.9. The molecule has 6 N–H and O–H groups in total. The molecule has 5 rings (SSSR count). The Morgan fingerprint density at radius 1 is 0.478 bits per heavy atom. The third-order valence-corrected chi connectivity index (χ3v) is 6.57. The summed E-state index contributed by atoms with van der Waals surface area (Å²) in [5.41, 5.74) is 5.31. The SMILES string of the molecule is COCCNc1nc(Nc2ccccc2)nc(Nc2cc(C)c(Nc3nc(NCCOC)nc(Nc4ccccc4)n3)cc2C)n1. The Morgan fingerprint density at radius 3 is 1.20 bits per heavy atom. The number of hydrogen-bond acceptors (Lipinski definition) is 14. The molecule has 0 saturated heterocycles. The van der Waals surface area contributed by atoms with Gasteiger partial charge < -0.3 is 41.4 Å². The van der Waals surface area contributed by atoms with E-state index in [1.54, 1.807) is 14.2 Å². The normalized spacial score (nSPS) is 10.7. The minimum absolute atomic E-state index is 0.387. The molecule has 14 heteroatoms. The van der Waals surface area contributed by atoms with Gasteiger partial charge in [-0.1, -0.05) is 36.4 Å². The van der Waals surface area contributed by atoms with E-state index in [-0.39, 0.29) is 0 Å². The van der Waals surface area contributed by atoms with Crippen LogP contribution in [-0.2, 0) is 9.47 Å². The van der Waals surface area contributed by atoms with E-state index in [2.05, 4.69) is 61.8 Å². The molecule has 0 amide bonds. The van der Waals surface area contributed by atoms with E-state index >= 15 is 0 Å². The molecule has 238 valence electrons. The highest BCUT2D eigenvalue weighted by atomic mass is 16.5. The number of rotatable bonds is 16. The summed E-state index contributed by atoms with van der Waals surface area (Å²) in [6.07, 6.45) is 0. The molecule has 14 nitrogen and oxygen atoms in total. The van der Waals surface area contributed by atoms with E-state index in [9.17, 15) is 0 Å². The van der Waals surface area contributed by atoms with Crippen LogP contribution in [0.25, 0.3) is 0 Å². The van der Waals surface area contributed by atoms with Crippen molar-refractivity contribution >= 4 is 58.4 Å². The summed E-state index contributed by atoms with van der Waals surface area (Å²) in [5.74, 6) is 2.42. The van der Waals surface area contributed by atoms with Gasteiger partial charge in [-0.05, 0) is 61.4 Å². The molecule has 2 heterocycles. The minimum atomic E-state index is 0.387. The van der Waals surface area contributed by atoms with Crippen LogP contribution in [-0.4, -0.2) is 70.4 Å². The molecule has 0 atom stereocenters. The van der Waals surface area contributed by atoms with Crippen molar-refractivity contribution in [3.8, 4) is 0 Å². The molecular formula is C32H38N12O2. The number of anilines is 10. The highest BCUT2D eigenvalue weighted by Crippen LogP contribution is 2.29. The fraction of sp³-hybridized carbons (Fsp3) is 0.250. The van der Waals surface area contributed by atoms with Crippen molar-refractivity contribution in [1.29, 1.82) is 0 Å². The lowest BCUT2D eigenvalue weighted by Crippen LogP contribution is -2.13. The van der Waals surface area contributed by atoms with Crippen molar-refractivity contribution < 1.29 is 9.47 Å². The molecule has 0 aliphatic heterocycles. The quantitative estimate of drug-likeness (QED) is 0.0734. The summed E-state index contributed by atoms with van der Waals surface area (Å²) >= 11 is 0. The van der Waals surface area contributed by atoms with Crippen LogP contribution in [0.15, 0.2) is 72.8 Å². The Hall–Kier alpha value is -5.60. The molecule has 0 spiro atoms. The molecule has 2 aromatic heterocycles. The van der Waals surface area contributed by atoms with Crippen LogP contribution in [0.1, 0.15) is 11.1 Å². The summed E-state index contributed by atoms with van der Waals surface area (Å²) in [4.78, 5) is 27.4. The van der Waals surface area contributed by atoms with E-state index in [0.29, 0.717) is 62.0 Å². The summed E-state index contributed by atoms with van der Waals surface area (Å²) in [5, 5.41) is 19.6. The van der Waals surface area contributed by atoms with Crippen LogP contribution < -0.4 is 31.9 Å². The summed E-state index contributed by atoms with van der Waals surface area (Å²) in [6.45, 7) is 6.13. The van der Waals surface area contributed by atoms with E-state index in [1.807, 2.05) is 86.6 Å². The second-order valence-corrected chi connectivity index (χ2v) is 10.2. The average Bonchev–Trinajstić information content (AvgIpc) is 3.04. The zero-order chi connectivity index (χ0) is 32.1. The van der Waals surface area contributed by atoms with Crippen LogP contribution in [0.2, 0.25) is 0 Å². The molecule has 0 unspecified atom stereocenters. The Balaban J connectivity index is 1.37. The van der Waals surface area contributed by atoms with Gasteiger partial charge in [0.05, 0.1) is 13.2 Å².